The van der Waals surface area contributed by atoms with Gasteiger partial charge in [-0.2, -0.15) is 0 Å². The van der Waals surface area contributed by atoms with Crippen molar-refractivity contribution in [3.05, 3.63) is 108 Å². The van der Waals surface area contributed by atoms with Crippen molar-refractivity contribution in [1.29, 1.82) is 0 Å². The Morgan fingerprint density at radius 2 is 1.30 bits per heavy atom. The maximum atomic E-state index is 15.7. The van der Waals surface area contributed by atoms with E-state index in [1.54, 1.807) is 0 Å². The summed E-state index contributed by atoms with van der Waals surface area (Å²) in [6.45, 7) is 0.761. The van der Waals surface area contributed by atoms with E-state index in [1.807, 2.05) is 91.0 Å². The maximum absolute atomic E-state index is 15.7. The molecule has 2 aliphatic rings. The Morgan fingerprint density at radius 1 is 0.727 bits per heavy atom. The van der Waals surface area contributed by atoms with Crippen molar-refractivity contribution >= 4 is 0 Å². The first-order valence-electron chi connectivity index (χ1n) is 11.2. The van der Waals surface area contributed by atoms with Crippen LogP contribution in [-0.2, 0) is 36.9 Å². The van der Waals surface area contributed by atoms with Gasteiger partial charge in [-0.3, -0.25) is 0 Å². The summed E-state index contributed by atoms with van der Waals surface area (Å²) in [4.78, 5) is 0. The number of hydrogen-bond acceptors (Lipinski definition) is 5. The second kappa shape index (κ2) is 10.5. The Kier molecular flexibility index (Phi) is 7.09. The summed E-state index contributed by atoms with van der Waals surface area (Å²) >= 11 is 0. The molecule has 6 atom stereocenters. The van der Waals surface area contributed by atoms with E-state index in [4.69, 9.17) is 23.7 Å². The van der Waals surface area contributed by atoms with Crippen LogP contribution in [0, 0.1) is 0 Å². The highest BCUT2D eigenvalue weighted by atomic mass is 19.1. The van der Waals surface area contributed by atoms with Gasteiger partial charge in [-0.25, -0.2) is 4.39 Å². The lowest BCUT2D eigenvalue weighted by atomic mass is 9.98. The van der Waals surface area contributed by atoms with Crippen molar-refractivity contribution in [3.8, 4) is 0 Å². The SMILES string of the molecule is F[C@H]1[C@@H](OCc2ccccc2)O[C@@H]2CO[C@@H](c3ccccc3)O[C@H]2[C@@H]1OCc1ccccc1. The zero-order valence-corrected chi connectivity index (χ0v) is 18.2. The second-order valence-corrected chi connectivity index (χ2v) is 8.22. The topological polar surface area (TPSA) is 46.2 Å². The molecule has 5 nitrogen and oxygen atoms in total. The molecule has 2 fully saturated rings. The number of benzene rings is 3. The minimum Gasteiger partial charge on any atom is -0.367 e. The predicted octanol–water partition coefficient (Wildman–Crippen LogP) is 4.97. The zero-order chi connectivity index (χ0) is 22.5. The van der Waals surface area contributed by atoms with Gasteiger partial charge in [0.05, 0.1) is 19.8 Å². The minimum atomic E-state index is -1.52. The van der Waals surface area contributed by atoms with E-state index in [0.29, 0.717) is 0 Å². The molecule has 0 N–H and O–H groups in total. The molecule has 172 valence electrons. The van der Waals surface area contributed by atoms with Gasteiger partial charge in [0.25, 0.3) is 0 Å². The van der Waals surface area contributed by atoms with E-state index < -0.39 is 37.1 Å². The summed E-state index contributed by atoms with van der Waals surface area (Å²) in [6, 6.07) is 28.9. The summed E-state index contributed by atoms with van der Waals surface area (Å²) < 4.78 is 45.7. The molecule has 0 saturated carbocycles. The molecular weight excluding hydrogens is 423 g/mol. The van der Waals surface area contributed by atoms with E-state index in [-0.39, 0.29) is 19.8 Å². The summed E-state index contributed by atoms with van der Waals surface area (Å²) in [5.41, 5.74) is 2.77. The van der Waals surface area contributed by atoms with Gasteiger partial charge in [-0.05, 0) is 11.1 Å². The Morgan fingerprint density at radius 3 is 1.94 bits per heavy atom. The largest absolute Gasteiger partial charge is 0.367 e. The highest BCUT2D eigenvalue weighted by Crippen LogP contribution is 2.37. The normalized spacial score (nSPS) is 29.4. The third-order valence-corrected chi connectivity index (χ3v) is 5.88. The van der Waals surface area contributed by atoms with Crippen LogP contribution in [0.15, 0.2) is 91.0 Å². The standard InChI is InChI=1S/C27H27FO5/c28-23-25(29-16-19-10-4-1-5-11-19)24-22(18-31-26(33-24)21-14-8-3-9-15-21)32-27(23)30-17-20-12-6-2-7-13-20/h1-15,22-27H,16-18H2/t22-,23-,24-,25-,26-,27+/m1/s1. The van der Waals surface area contributed by atoms with Crippen LogP contribution in [0.5, 0.6) is 0 Å². The van der Waals surface area contributed by atoms with Gasteiger partial charge in [-0.1, -0.05) is 91.0 Å². The molecule has 0 radical (unpaired) electrons. The van der Waals surface area contributed by atoms with E-state index >= 15 is 4.39 Å². The zero-order valence-electron chi connectivity index (χ0n) is 18.2. The monoisotopic (exact) mass is 450 g/mol. The molecule has 2 aliphatic heterocycles. The van der Waals surface area contributed by atoms with Crippen molar-refractivity contribution in [2.24, 2.45) is 0 Å². The van der Waals surface area contributed by atoms with Gasteiger partial charge in [0, 0.05) is 5.56 Å². The smallest absolute Gasteiger partial charge is 0.192 e. The number of alkyl halides is 1. The Labute approximate surface area is 193 Å². The first-order valence-corrected chi connectivity index (χ1v) is 11.2. The number of ether oxygens (including phenoxy) is 5. The number of hydrogen-bond donors (Lipinski definition) is 0. The lowest BCUT2D eigenvalue weighted by Crippen LogP contribution is -2.61. The van der Waals surface area contributed by atoms with Crippen LogP contribution in [0.4, 0.5) is 4.39 Å². The number of rotatable bonds is 7. The van der Waals surface area contributed by atoms with E-state index in [0.717, 1.165) is 16.7 Å². The van der Waals surface area contributed by atoms with Crippen LogP contribution in [-0.4, -0.2) is 37.4 Å². The van der Waals surface area contributed by atoms with Crippen LogP contribution < -0.4 is 0 Å². The van der Waals surface area contributed by atoms with Crippen LogP contribution in [0.1, 0.15) is 23.0 Å². The van der Waals surface area contributed by atoms with Gasteiger partial charge >= 0.3 is 0 Å². The molecular formula is C27H27FO5. The molecule has 0 unspecified atom stereocenters. The van der Waals surface area contributed by atoms with Crippen molar-refractivity contribution in [3.63, 3.8) is 0 Å². The highest BCUT2D eigenvalue weighted by molar-refractivity contribution is 5.17. The second-order valence-electron chi connectivity index (χ2n) is 8.22. The van der Waals surface area contributed by atoms with E-state index in [2.05, 4.69) is 0 Å². The fraction of sp³-hybridized carbons (Fsp3) is 0.333. The molecule has 0 spiro atoms. The van der Waals surface area contributed by atoms with Crippen molar-refractivity contribution in [2.45, 2.75) is 50.3 Å². The van der Waals surface area contributed by atoms with Crippen LogP contribution in [0.2, 0.25) is 0 Å². The fourth-order valence-corrected chi connectivity index (χ4v) is 4.16. The van der Waals surface area contributed by atoms with Crippen molar-refractivity contribution < 1.29 is 28.1 Å². The lowest BCUT2D eigenvalue weighted by Gasteiger charge is -2.47. The molecule has 2 heterocycles. The number of halogens is 1. The summed E-state index contributed by atoms with van der Waals surface area (Å²) in [5, 5.41) is 0. The van der Waals surface area contributed by atoms with Gasteiger partial charge in [0.2, 0.25) is 0 Å². The molecule has 0 aromatic heterocycles. The average molecular weight is 451 g/mol. The maximum Gasteiger partial charge on any atom is 0.192 e. The van der Waals surface area contributed by atoms with Gasteiger partial charge in [0.15, 0.2) is 18.8 Å². The summed E-state index contributed by atoms with van der Waals surface area (Å²) in [7, 11) is 0. The molecule has 2 saturated heterocycles. The lowest BCUT2D eigenvalue weighted by molar-refractivity contribution is -0.360. The molecule has 6 heteroatoms. The third-order valence-electron chi connectivity index (χ3n) is 5.88. The molecule has 3 aromatic rings. The van der Waals surface area contributed by atoms with Gasteiger partial charge in [0.1, 0.15) is 18.3 Å². The van der Waals surface area contributed by atoms with E-state index in [1.165, 1.54) is 0 Å². The van der Waals surface area contributed by atoms with Gasteiger partial charge in [-0.15, -0.1) is 0 Å². The van der Waals surface area contributed by atoms with Crippen molar-refractivity contribution in [2.75, 3.05) is 6.61 Å². The van der Waals surface area contributed by atoms with E-state index in [9.17, 15) is 0 Å². The average Bonchev–Trinajstić information content (AvgIpc) is 2.88. The van der Waals surface area contributed by atoms with Gasteiger partial charge < -0.3 is 23.7 Å². The molecule has 5 rings (SSSR count). The molecule has 33 heavy (non-hydrogen) atoms. The first kappa shape index (κ1) is 22.2. The van der Waals surface area contributed by atoms with Crippen LogP contribution in [0.25, 0.3) is 0 Å². The Bertz CT molecular complexity index is 987. The molecule has 0 amide bonds. The molecule has 3 aromatic carbocycles. The Hall–Kier alpha value is -2.61. The third kappa shape index (κ3) is 5.32. The number of fused-ring (bicyclic) bond motifs is 1. The molecule has 0 bridgehead atoms. The van der Waals surface area contributed by atoms with Crippen molar-refractivity contribution in [1.82, 2.24) is 0 Å². The first-order chi connectivity index (χ1) is 16.3. The highest BCUT2D eigenvalue weighted by Gasteiger charge is 2.51. The quantitative estimate of drug-likeness (QED) is 0.509. The molecule has 0 aliphatic carbocycles. The van der Waals surface area contributed by atoms with Crippen LogP contribution >= 0.6 is 0 Å². The summed E-state index contributed by atoms with van der Waals surface area (Å²) in [6.07, 6.45) is -5.19. The Balaban J connectivity index is 1.32. The summed E-state index contributed by atoms with van der Waals surface area (Å²) in [5.74, 6) is 0. The van der Waals surface area contributed by atoms with Crippen LogP contribution in [0.3, 0.4) is 0 Å². The predicted molar refractivity (Wildman–Crippen MR) is 120 cm³/mol. The minimum absolute atomic E-state index is 0.239. The fourth-order valence-electron chi connectivity index (χ4n) is 4.16.